The van der Waals surface area contributed by atoms with Gasteiger partial charge in [0.1, 0.15) is 6.54 Å². The van der Waals surface area contributed by atoms with Crippen molar-refractivity contribution in [3.05, 3.63) is 81.6 Å². The van der Waals surface area contributed by atoms with Crippen LogP contribution in [0.4, 0.5) is 5.69 Å². The lowest BCUT2D eigenvalue weighted by molar-refractivity contribution is -0.117. The van der Waals surface area contributed by atoms with Crippen LogP contribution >= 0.6 is 11.6 Å². The Morgan fingerprint density at radius 3 is 2.32 bits per heavy atom. The summed E-state index contributed by atoms with van der Waals surface area (Å²) < 4.78 is 26.2. The van der Waals surface area contributed by atoms with E-state index >= 15 is 0 Å². The van der Waals surface area contributed by atoms with Crippen LogP contribution in [0.15, 0.2) is 75.4 Å². The summed E-state index contributed by atoms with van der Waals surface area (Å²) in [5.41, 5.74) is 1.01. The third-order valence-corrected chi connectivity index (χ3v) is 5.78. The first-order chi connectivity index (χ1) is 13.3. The number of aryl methyl sites for hydroxylation is 1. The van der Waals surface area contributed by atoms with Crippen molar-refractivity contribution in [3.8, 4) is 0 Å². The highest BCUT2D eigenvalue weighted by Gasteiger charge is 2.21. The molecule has 0 atom stereocenters. The van der Waals surface area contributed by atoms with Crippen LogP contribution in [0.3, 0.4) is 0 Å². The Kier molecular flexibility index (Phi) is 5.62. The summed E-state index contributed by atoms with van der Waals surface area (Å²) in [4.78, 5) is 24.2. The molecule has 0 aliphatic rings. The Balaban J connectivity index is 1.85. The largest absolute Gasteiger partial charge is 0.324 e. The Hall–Kier alpha value is -2.97. The summed E-state index contributed by atoms with van der Waals surface area (Å²) in [6.45, 7) is 1.50. The predicted molar refractivity (Wildman–Crippen MR) is 105 cm³/mol. The number of aromatic nitrogens is 2. The Morgan fingerprint density at radius 1 is 1.04 bits per heavy atom. The van der Waals surface area contributed by atoms with Crippen LogP contribution < -0.4 is 10.9 Å². The fraction of sp³-hybridized carbons (Fsp3) is 0.105. The number of hydrogen-bond acceptors (Lipinski definition) is 5. The van der Waals surface area contributed by atoms with E-state index in [9.17, 15) is 18.0 Å². The van der Waals surface area contributed by atoms with Crippen LogP contribution in [-0.2, 0) is 21.2 Å². The molecule has 0 saturated carbocycles. The molecule has 144 valence electrons. The van der Waals surface area contributed by atoms with Crippen molar-refractivity contribution < 1.29 is 13.2 Å². The van der Waals surface area contributed by atoms with E-state index in [1.807, 2.05) is 19.1 Å². The van der Waals surface area contributed by atoms with E-state index in [4.69, 9.17) is 11.6 Å². The van der Waals surface area contributed by atoms with Gasteiger partial charge >= 0.3 is 0 Å². The molecule has 0 radical (unpaired) electrons. The van der Waals surface area contributed by atoms with Gasteiger partial charge in [0.05, 0.1) is 4.90 Å². The smallest absolute Gasteiger partial charge is 0.267 e. The molecule has 2 aromatic carbocycles. The molecule has 1 heterocycles. The monoisotopic (exact) mass is 417 g/mol. The Morgan fingerprint density at radius 2 is 1.68 bits per heavy atom. The van der Waals surface area contributed by atoms with E-state index in [2.05, 4.69) is 10.4 Å². The molecule has 1 aromatic heterocycles. The van der Waals surface area contributed by atoms with Crippen LogP contribution in [0.2, 0.25) is 5.02 Å². The minimum Gasteiger partial charge on any atom is -0.324 e. The standard InChI is InChI=1S/C19H16ClN3O4S/c1-13-2-6-15(7-3-13)21-17(24)12-23-19(25)11-10-18(22-23)28(26,27)16-8-4-14(20)5-9-16/h2-11H,12H2,1H3,(H,21,24). The maximum absolute atomic E-state index is 12.7. The predicted octanol–water partition coefficient (Wildman–Crippen LogP) is 2.68. The minimum absolute atomic E-state index is 0.0151. The van der Waals surface area contributed by atoms with Crippen LogP contribution in [0.5, 0.6) is 0 Å². The number of nitrogens with one attached hydrogen (secondary N) is 1. The van der Waals surface area contributed by atoms with Crippen molar-refractivity contribution in [2.45, 2.75) is 23.4 Å². The highest BCUT2D eigenvalue weighted by molar-refractivity contribution is 7.91. The molecule has 7 nitrogen and oxygen atoms in total. The quantitative estimate of drug-likeness (QED) is 0.688. The molecule has 0 fully saturated rings. The van der Waals surface area contributed by atoms with E-state index in [1.165, 1.54) is 24.3 Å². The zero-order valence-electron chi connectivity index (χ0n) is 14.8. The maximum atomic E-state index is 12.7. The third kappa shape index (κ3) is 4.47. The van der Waals surface area contributed by atoms with Crippen molar-refractivity contribution in [2.24, 2.45) is 0 Å². The second-order valence-electron chi connectivity index (χ2n) is 6.04. The molecule has 3 rings (SSSR count). The van der Waals surface area contributed by atoms with Crippen molar-refractivity contribution in [1.82, 2.24) is 9.78 Å². The summed E-state index contributed by atoms with van der Waals surface area (Å²) in [6.07, 6.45) is 0. The molecule has 0 aliphatic heterocycles. The lowest BCUT2D eigenvalue weighted by Gasteiger charge is -2.09. The van der Waals surface area contributed by atoms with Crippen LogP contribution in [0.25, 0.3) is 0 Å². The number of rotatable bonds is 5. The summed E-state index contributed by atoms with van der Waals surface area (Å²) in [7, 11) is -3.96. The van der Waals surface area contributed by atoms with Crippen LogP contribution in [0.1, 0.15) is 5.56 Å². The van der Waals surface area contributed by atoms with Crippen molar-refractivity contribution in [2.75, 3.05) is 5.32 Å². The number of anilines is 1. The van der Waals surface area contributed by atoms with E-state index in [-0.39, 0.29) is 9.92 Å². The molecule has 1 amide bonds. The number of nitrogens with zero attached hydrogens (tertiary/aromatic N) is 2. The molecule has 0 unspecified atom stereocenters. The first kappa shape index (κ1) is 19.8. The summed E-state index contributed by atoms with van der Waals surface area (Å²) >= 11 is 5.79. The summed E-state index contributed by atoms with van der Waals surface area (Å²) in [6, 6.07) is 14.9. The fourth-order valence-corrected chi connectivity index (χ4v) is 3.71. The average molecular weight is 418 g/mol. The molecular formula is C19H16ClN3O4S. The van der Waals surface area contributed by atoms with Gasteiger partial charge in [-0.1, -0.05) is 29.3 Å². The van der Waals surface area contributed by atoms with Crippen LogP contribution in [0, 0.1) is 6.92 Å². The van der Waals surface area contributed by atoms with E-state index in [1.54, 1.807) is 12.1 Å². The lowest BCUT2D eigenvalue weighted by atomic mass is 10.2. The summed E-state index contributed by atoms with van der Waals surface area (Å²) in [5, 5.41) is 6.56. The number of sulfone groups is 1. The van der Waals surface area contributed by atoms with Gasteiger partial charge in [-0.15, -0.1) is 0 Å². The molecule has 9 heteroatoms. The normalized spacial score (nSPS) is 11.2. The molecular weight excluding hydrogens is 402 g/mol. The molecule has 28 heavy (non-hydrogen) atoms. The van der Waals surface area contributed by atoms with E-state index < -0.39 is 27.8 Å². The van der Waals surface area contributed by atoms with Crippen molar-refractivity contribution in [3.63, 3.8) is 0 Å². The van der Waals surface area contributed by atoms with Crippen LogP contribution in [-0.4, -0.2) is 24.1 Å². The maximum Gasteiger partial charge on any atom is 0.267 e. The highest BCUT2D eigenvalue weighted by Crippen LogP contribution is 2.20. The van der Waals surface area contributed by atoms with Gasteiger partial charge in [0.15, 0.2) is 5.03 Å². The number of hydrogen-bond donors (Lipinski definition) is 1. The van der Waals surface area contributed by atoms with Gasteiger partial charge in [-0.05, 0) is 49.4 Å². The first-order valence-corrected chi connectivity index (χ1v) is 10.1. The fourth-order valence-electron chi connectivity index (χ4n) is 2.39. The SMILES string of the molecule is Cc1ccc(NC(=O)Cn2nc(S(=O)(=O)c3ccc(Cl)cc3)ccc2=O)cc1. The lowest BCUT2D eigenvalue weighted by Crippen LogP contribution is -2.30. The van der Waals surface area contributed by atoms with Gasteiger partial charge in [-0.2, -0.15) is 5.10 Å². The zero-order chi connectivity index (χ0) is 20.3. The van der Waals surface area contributed by atoms with Gasteiger partial charge < -0.3 is 5.32 Å². The number of carbonyl (C=O) groups is 1. The Bertz CT molecular complexity index is 1170. The van der Waals surface area contributed by atoms with Gasteiger partial charge in [0.25, 0.3) is 5.56 Å². The van der Waals surface area contributed by atoms with E-state index in [0.717, 1.165) is 22.4 Å². The van der Waals surface area contributed by atoms with E-state index in [0.29, 0.717) is 10.7 Å². The molecule has 0 aliphatic carbocycles. The number of halogens is 1. The first-order valence-electron chi connectivity index (χ1n) is 8.21. The van der Waals surface area contributed by atoms with Crippen molar-refractivity contribution >= 4 is 33.0 Å². The van der Waals surface area contributed by atoms with Crippen molar-refractivity contribution in [1.29, 1.82) is 0 Å². The third-order valence-electron chi connectivity index (χ3n) is 3.87. The van der Waals surface area contributed by atoms with Gasteiger partial charge in [-0.25, -0.2) is 13.1 Å². The topological polar surface area (TPSA) is 98.1 Å². The van der Waals surface area contributed by atoms with Gasteiger partial charge in [-0.3, -0.25) is 9.59 Å². The minimum atomic E-state index is -3.96. The second-order valence-corrected chi connectivity index (χ2v) is 8.37. The summed E-state index contributed by atoms with van der Waals surface area (Å²) in [5.74, 6) is -0.500. The second kappa shape index (κ2) is 7.95. The zero-order valence-corrected chi connectivity index (χ0v) is 16.4. The molecule has 3 aromatic rings. The molecule has 0 spiro atoms. The Labute approximate surface area is 166 Å². The molecule has 1 N–H and O–H groups in total. The van der Waals surface area contributed by atoms with Gasteiger partial charge in [0.2, 0.25) is 15.7 Å². The highest BCUT2D eigenvalue weighted by atomic mass is 35.5. The average Bonchev–Trinajstić information content (AvgIpc) is 2.65. The number of carbonyl (C=O) groups excluding carboxylic acids is 1. The molecule has 0 bridgehead atoms. The number of amides is 1. The number of benzene rings is 2. The molecule has 0 saturated heterocycles. The van der Waals surface area contributed by atoms with Gasteiger partial charge in [0, 0.05) is 16.8 Å².